The van der Waals surface area contributed by atoms with Crippen molar-refractivity contribution in [3.05, 3.63) is 24.3 Å². The van der Waals surface area contributed by atoms with Crippen molar-refractivity contribution in [3.63, 3.8) is 0 Å². The van der Waals surface area contributed by atoms with Crippen molar-refractivity contribution in [1.29, 1.82) is 0 Å². The number of anilines is 1. The summed E-state index contributed by atoms with van der Waals surface area (Å²) in [6, 6.07) is 6.59. The van der Waals surface area contributed by atoms with Crippen LogP contribution in [0.15, 0.2) is 24.3 Å². The van der Waals surface area contributed by atoms with Crippen molar-refractivity contribution in [3.8, 4) is 5.75 Å². The van der Waals surface area contributed by atoms with Gasteiger partial charge in [0.15, 0.2) is 15.1 Å². The average Bonchev–Trinajstić information content (AvgIpc) is 2.40. The van der Waals surface area contributed by atoms with E-state index in [2.05, 4.69) is 5.32 Å². The minimum absolute atomic E-state index is 0.0967. The third-order valence-electron chi connectivity index (χ3n) is 2.87. The van der Waals surface area contributed by atoms with Crippen LogP contribution in [0.2, 0.25) is 0 Å². The Bertz CT molecular complexity index is 640. The maximum absolute atomic E-state index is 11.9. The van der Waals surface area contributed by atoms with E-state index in [-0.39, 0.29) is 6.42 Å². The van der Waals surface area contributed by atoms with E-state index in [0.29, 0.717) is 18.0 Å². The van der Waals surface area contributed by atoms with Gasteiger partial charge >= 0.3 is 5.97 Å². The van der Waals surface area contributed by atoms with Crippen molar-refractivity contribution >= 4 is 27.4 Å². The van der Waals surface area contributed by atoms with Crippen LogP contribution in [0.25, 0.3) is 0 Å². The number of ether oxygens (including phenoxy) is 1. The first-order valence-electron chi connectivity index (χ1n) is 6.77. The molecule has 0 fully saturated rings. The monoisotopic (exact) mass is 329 g/mol. The molecular weight excluding hydrogens is 310 g/mol. The van der Waals surface area contributed by atoms with E-state index in [1.807, 2.05) is 0 Å². The van der Waals surface area contributed by atoms with Crippen LogP contribution in [0.4, 0.5) is 5.69 Å². The number of carbonyl (C=O) groups excluding carboxylic acids is 1. The molecule has 1 aromatic carbocycles. The summed E-state index contributed by atoms with van der Waals surface area (Å²) in [5, 5.41) is 9.75. The lowest BCUT2D eigenvalue weighted by atomic mass is 10.3. The Balaban J connectivity index is 2.85. The molecule has 1 atom stereocenters. The summed E-state index contributed by atoms with van der Waals surface area (Å²) >= 11 is 0. The first-order valence-corrected chi connectivity index (χ1v) is 8.49. The molecule has 0 saturated carbocycles. The lowest BCUT2D eigenvalue weighted by Gasteiger charge is -2.13. The van der Waals surface area contributed by atoms with Gasteiger partial charge in [-0.2, -0.15) is 0 Å². The molecule has 0 spiro atoms. The largest absolute Gasteiger partial charge is 0.492 e. The minimum Gasteiger partial charge on any atom is -0.492 e. The number of rotatable bonds is 8. The van der Waals surface area contributed by atoms with Crippen LogP contribution in [0, 0.1) is 0 Å². The normalized spacial score (nSPS) is 12.5. The standard InChI is InChI=1S/C14H19NO6S/c1-3-12(14(17)18)22(19,20)9-13(16)15-10-7-5-6-8-11(10)21-4-2/h5-8,12H,3-4,9H2,1-2H3,(H,15,16)(H,17,18). The molecule has 0 aliphatic rings. The molecule has 22 heavy (non-hydrogen) atoms. The quantitative estimate of drug-likeness (QED) is 0.744. The molecule has 1 unspecified atom stereocenters. The van der Waals surface area contributed by atoms with Gasteiger partial charge in [-0.05, 0) is 25.5 Å². The van der Waals surface area contributed by atoms with Gasteiger partial charge in [0.25, 0.3) is 0 Å². The number of amides is 1. The summed E-state index contributed by atoms with van der Waals surface area (Å²) < 4.78 is 29.2. The molecule has 1 rings (SSSR count). The summed E-state index contributed by atoms with van der Waals surface area (Å²) in [6.45, 7) is 3.61. The molecule has 7 nitrogen and oxygen atoms in total. The van der Waals surface area contributed by atoms with E-state index in [1.165, 1.54) is 6.92 Å². The Kier molecular flexibility index (Phi) is 6.36. The molecule has 0 saturated heterocycles. The summed E-state index contributed by atoms with van der Waals surface area (Å²) in [5.74, 6) is -2.73. The first-order chi connectivity index (χ1) is 10.3. The predicted molar refractivity (Wildman–Crippen MR) is 81.7 cm³/mol. The highest BCUT2D eigenvalue weighted by molar-refractivity contribution is 7.93. The molecule has 0 heterocycles. The van der Waals surface area contributed by atoms with Gasteiger partial charge < -0.3 is 15.2 Å². The topological polar surface area (TPSA) is 110 Å². The van der Waals surface area contributed by atoms with E-state index in [0.717, 1.165) is 0 Å². The Morgan fingerprint density at radius 3 is 2.45 bits per heavy atom. The number of hydrogen-bond donors (Lipinski definition) is 2. The van der Waals surface area contributed by atoms with Crippen LogP contribution >= 0.6 is 0 Å². The number of nitrogens with one attached hydrogen (secondary N) is 1. The van der Waals surface area contributed by atoms with Crippen LogP contribution < -0.4 is 10.1 Å². The number of para-hydroxylation sites is 2. The second-order valence-electron chi connectivity index (χ2n) is 4.52. The predicted octanol–water partition coefficient (Wildman–Crippen LogP) is 1.30. The summed E-state index contributed by atoms with van der Waals surface area (Å²) in [4.78, 5) is 22.8. The second kappa shape index (κ2) is 7.79. The Morgan fingerprint density at radius 1 is 1.27 bits per heavy atom. The van der Waals surface area contributed by atoms with Crippen LogP contribution in [0.5, 0.6) is 5.75 Å². The van der Waals surface area contributed by atoms with Crippen molar-refractivity contribution in [2.45, 2.75) is 25.5 Å². The number of benzene rings is 1. The number of sulfone groups is 1. The van der Waals surface area contributed by atoms with Crippen molar-refractivity contribution < 1.29 is 27.9 Å². The zero-order valence-corrected chi connectivity index (χ0v) is 13.2. The Hall–Kier alpha value is -2.09. The zero-order chi connectivity index (χ0) is 16.8. The summed E-state index contributed by atoms with van der Waals surface area (Å²) in [6.07, 6.45) is -0.0967. The fourth-order valence-electron chi connectivity index (χ4n) is 1.90. The third kappa shape index (κ3) is 4.73. The Labute approximate surface area is 129 Å². The van der Waals surface area contributed by atoms with E-state index < -0.39 is 32.7 Å². The lowest BCUT2D eigenvalue weighted by molar-refractivity contribution is -0.136. The number of carbonyl (C=O) groups is 2. The smallest absolute Gasteiger partial charge is 0.321 e. The lowest BCUT2D eigenvalue weighted by Crippen LogP contribution is -2.35. The molecule has 0 aliphatic carbocycles. The molecule has 0 aliphatic heterocycles. The number of carboxylic acid groups (broad SMARTS) is 1. The van der Waals surface area contributed by atoms with E-state index in [9.17, 15) is 18.0 Å². The van der Waals surface area contributed by atoms with Gasteiger partial charge in [0.2, 0.25) is 5.91 Å². The SMILES string of the molecule is CCOc1ccccc1NC(=O)CS(=O)(=O)C(CC)C(=O)O. The van der Waals surface area contributed by atoms with Crippen LogP contribution in [0.1, 0.15) is 20.3 Å². The van der Waals surface area contributed by atoms with Crippen molar-refractivity contribution in [2.75, 3.05) is 17.7 Å². The first kappa shape index (κ1) is 18.0. The highest BCUT2D eigenvalue weighted by atomic mass is 32.2. The van der Waals surface area contributed by atoms with Gasteiger partial charge in [-0.3, -0.25) is 9.59 Å². The van der Waals surface area contributed by atoms with Crippen LogP contribution in [-0.2, 0) is 19.4 Å². The molecule has 0 bridgehead atoms. The van der Waals surface area contributed by atoms with Gasteiger partial charge in [0.1, 0.15) is 11.5 Å². The second-order valence-corrected chi connectivity index (χ2v) is 6.70. The zero-order valence-electron chi connectivity index (χ0n) is 12.4. The van der Waals surface area contributed by atoms with Crippen molar-refractivity contribution in [1.82, 2.24) is 0 Å². The molecule has 0 aromatic heterocycles. The van der Waals surface area contributed by atoms with Gasteiger partial charge in [-0.25, -0.2) is 8.42 Å². The van der Waals surface area contributed by atoms with Crippen molar-refractivity contribution in [2.24, 2.45) is 0 Å². The molecule has 8 heteroatoms. The molecule has 122 valence electrons. The average molecular weight is 329 g/mol. The fourth-order valence-corrected chi connectivity index (χ4v) is 3.36. The van der Waals surface area contributed by atoms with Gasteiger partial charge in [-0.1, -0.05) is 19.1 Å². The maximum atomic E-state index is 11.9. The summed E-state index contributed by atoms with van der Waals surface area (Å²) in [7, 11) is -4.07. The Morgan fingerprint density at radius 2 is 1.91 bits per heavy atom. The molecule has 1 aromatic rings. The number of carboxylic acids is 1. The fraction of sp³-hybridized carbons (Fsp3) is 0.429. The third-order valence-corrected chi connectivity index (χ3v) is 4.94. The molecule has 0 radical (unpaired) electrons. The van der Waals surface area contributed by atoms with Gasteiger partial charge in [0, 0.05) is 0 Å². The van der Waals surface area contributed by atoms with E-state index in [4.69, 9.17) is 9.84 Å². The van der Waals surface area contributed by atoms with E-state index >= 15 is 0 Å². The molecule has 1 amide bonds. The van der Waals surface area contributed by atoms with Crippen LogP contribution in [0.3, 0.4) is 0 Å². The highest BCUT2D eigenvalue weighted by Gasteiger charge is 2.32. The molecule has 2 N–H and O–H groups in total. The maximum Gasteiger partial charge on any atom is 0.321 e. The highest BCUT2D eigenvalue weighted by Crippen LogP contribution is 2.23. The van der Waals surface area contributed by atoms with Gasteiger partial charge in [0.05, 0.1) is 12.3 Å². The number of aliphatic carboxylic acids is 1. The minimum atomic E-state index is -4.07. The summed E-state index contributed by atoms with van der Waals surface area (Å²) in [5.41, 5.74) is 0.341. The number of hydrogen-bond acceptors (Lipinski definition) is 5. The van der Waals surface area contributed by atoms with E-state index in [1.54, 1.807) is 31.2 Å². The van der Waals surface area contributed by atoms with Crippen LogP contribution in [-0.4, -0.2) is 43.0 Å². The van der Waals surface area contributed by atoms with Gasteiger partial charge in [-0.15, -0.1) is 0 Å². The molecular formula is C14H19NO6S.